The Kier molecular flexibility index (Phi) is 10.6. The van der Waals surface area contributed by atoms with Crippen LogP contribution in [-0.2, 0) is 34.5 Å². The van der Waals surface area contributed by atoms with Crippen LogP contribution in [0.4, 0.5) is 0 Å². The molecule has 0 atom stereocenters. The van der Waals surface area contributed by atoms with Crippen molar-refractivity contribution < 1.29 is 9.47 Å². The maximum Gasteiger partial charge on any atom is 0.126 e. The molecule has 2 aliphatic rings. The van der Waals surface area contributed by atoms with E-state index in [9.17, 15) is 0 Å². The Bertz CT molecular complexity index is 1970. The van der Waals surface area contributed by atoms with Crippen LogP contribution in [-0.4, -0.2) is 14.2 Å². The van der Waals surface area contributed by atoms with Crippen LogP contribution in [0.25, 0.3) is 34.4 Å². The van der Waals surface area contributed by atoms with Gasteiger partial charge in [-0.1, -0.05) is 143 Å². The first-order valence-corrected chi connectivity index (χ1v) is 19.1. The number of allylic oxidation sites excluding steroid dienone is 2. The molecule has 4 aromatic rings. The lowest BCUT2D eigenvalue weighted by Crippen LogP contribution is -2.19. The maximum atomic E-state index is 5.92. The van der Waals surface area contributed by atoms with E-state index in [0.29, 0.717) is 0 Å². The highest BCUT2D eigenvalue weighted by Gasteiger charge is 2.30. The molecule has 6 rings (SSSR count). The van der Waals surface area contributed by atoms with E-state index in [1.165, 1.54) is 77.9 Å². The zero-order chi connectivity index (χ0) is 38.6. The Labute approximate surface area is 316 Å². The molecule has 0 saturated heterocycles. The zero-order valence-electron chi connectivity index (χ0n) is 35.2. The summed E-state index contributed by atoms with van der Waals surface area (Å²) in [6.45, 7) is 31.6. The molecule has 0 unspecified atom stereocenters. The lowest BCUT2D eigenvalue weighted by molar-refractivity contribution is 0.381. The lowest BCUT2D eigenvalue weighted by Gasteiger charge is -2.30. The second-order valence-corrected chi connectivity index (χ2v) is 19.3. The molecule has 0 amide bonds. The number of rotatable bonds is 4. The molecule has 52 heavy (non-hydrogen) atoms. The second-order valence-electron chi connectivity index (χ2n) is 19.3. The molecule has 276 valence electrons. The van der Waals surface area contributed by atoms with Crippen LogP contribution in [0.3, 0.4) is 0 Å². The lowest BCUT2D eigenvalue weighted by atomic mass is 9.77. The molecule has 2 heteroatoms. The first-order chi connectivity index (χ1) is 24.0. The summed E-state index contributed by atoms with van der Waals surface area (Å²) in [5, 5.41) is 0. The molecule has 0 spiro atoms. The van der Waals surface area contributed by atoms with E-state index in [-0.39, 0.29) is 21.7 Å². The van der Waals surface area contributed by atoms with Crippen LogP contribution >= 0.6 is 0 Å². The third kappa shape index (κ3) is 7.97. The smallest absolute Gasteiger partial charge is 0.126 e. The van der Waals surface area contributed by atoms with Gasteiger partial charge in [-0.2, -0.15) is 0 Å². The van der Waals surface area contributed by atoms with Crippen molar-refractivity contribution in [3.8, 4) is 33.8 Å². The van der Waals surface area contributed by atoms with Crippen LogP contribution in [0, 0.1) is 0 Å². The summed E-state index contributed by atoms with van der Waals surface area (Å²) in [6.07, 6.45) is 6.78. The summed E-state index contributed by atoms with van der Waals surface area (Å²) in [4.78, 5) is 0. The van der Waals surface area contributed by atoms with E-state index < -0.39 is 0 Å². The zero-order valence-corrected chi connectivity index (χ0v) is 35.2. The average Bonchev–Trinajstić information content (AvgIpc) is 3.62. The van der Waals surface area contributed by atoms with Gasteiger partial charge in [-0.25, -0.2) is 0 Å². The Balaban J connectivity index is 0.000000201. The summed E-state index contributed by atoms with van der Waals surface area (Å²) in [5.74, 6) is 2.07. The van der Waals surface area contributed by atoms with Gasteiger partial charge in [-0.05, 0) is 117 Å². The summed E-state index contributed by atoms with van der Waals surface area (Å²) < 4.78 is 11.8. The van der Waals surface area contributed by atoms with Gasteiger partial charge in [0.2, 0.25) is 0 Å². The van der Waals surface area contributed by atoms with Crippen LogP contribution in [0.2, 0.25) is 0 Å². The summed E-state index contributed by atoms with van der Waals surface area (Å²) in [6, 6.07) is 22.8. The molecule has 2 nitrogen and oxygen atoms in total. The predicted octanol–water partition coefficient (Wildman–Crippen LogP) is 13.8. The fraction of sp³-hybridized carbons (Fsp3) is 0.440. The van der Waals surface area contributed by atoms with Crippen molar-refractivity contribution in [2.24, 2.45) is 0 Å². The fourth-order valence-corrected chi connectivity index (χ4v) is 7.83. The van der Waals surface area contributed by atoms with Gasteiger partial charge in [0.05, 0.1) is 14.2 Å². The van der Waals surface area contributed by atoms with E-state index in [4.69, 9.17) is 9.47 Å². The number of hydrogen-bond acceptors (Lipinski definition) is 2. The molecule has 4 aromatic carbocycles. The highest BCUT2D eigenvalue weighted by Crippen LogP contribution is 2.46. The molecule has 0 fully saturated rings. The van der Waals surface area contributed by atoms with E-state index in [1.807, 2.05) is 0 Å². The number of fused-ring (bicyclic) bond motifs is 2. The average molecular weight is 697 g/mol. The van der Waals surface area contributed by atoms with E-state index in [1.54, 1.807) is 14.2 Å². The minimum absolute atomic E-state index is 0.0189. The minimum atomic E-state index is 0.0189. The third-order valence-electron chi connectivity index (χ3n) is 10.6. The van der Waals surface area contributed by atoms with Crippen LogP contribution < -0.4 is 9.47 Å². The van der Waals surface area contributed by atoms with E-state index in [2.05, 4.69) is 170 Å². The van der Waals surface area contributed by atoms with E-state index >= 15 is 0 Å². The number of ether oxygens (including phenoxy) is 2. The van der Waals surface area contributed by atoms with Gasteiger partial charge in [-0.15, -0.1) is 0 Å². The first kappa shape index (κ1) is 39.2. The highest BCUT2D eigenvalue weighted by molar-refractivity contribution is 5.82. The van der Waals surface area contributed by atoms with Gasteiger partial charge in [0, 0.05) is 22.3 Å². The highest BCUT2D eigenvalue weighted by atomic mass is 16.5. The van der Waals surface area contributed by atoms with Crippen molar-refractivity contribution in [1.82, 2.24) is 0 Å². The monoisotopic (exact) mass is 696 g/mol. The van der Waals surface area contributed by atoms with E-state index in [0.717, 1.165) is 24.3 Å². The summed E-state index contributed by atoms with van der Waals surface area (Å²) in [5.41, 5.74) is 19.0. The molecule has 0 N–H and O–H groups in total. The van der Waals surface area contributed by atoms with Gasteiger partial charge in [-0.3, -0.25) is 0 Å². The largest absolute Gasteiger partial charge is 0.496 e. The van der Waals surface area contributed by atoms with Crippen LogP contribution in [0.1, 0.15) is 141 Å². The molecule has 0 aliphatic heterocycles. The molecular weight excluding hydrogens is 633 g/mol. The van der Waals surface area contributed by atoms with Gasteiger partial charge in [0.25, 0.3) is 0 Å². The normalized spacial score (nSPS) is 14.2. The standard InChI is InChI=1S/2C25H32O/c2*1-16-12-17-10-9-11-19(20(17)13-16)18-14-21(24(2,3)4)23(26-8)22(15-18)25(5,6)7/h9-11,13-15H,12H2,1-8H3;9-12,14-15H,13H2,1-8H3. The second kappa shape index (κ2) is 14.1. The molecule has 0 heterocycles. The van der Waals surface area contributed by atoms with Crippen molar-refractivity contribution in [1.29, 1.82) is 0 Å². The Morgan fingerprint density at radius 3 is 1.33 bits per heavy atom. The SMILES string of the molecule is COc1c(C(C)(C)C)cc(-c2cccc3c2C=C(C)C3)cc1C(C)(C)C.COc1c(C(C)(C)C)cc(-c2cccc3c2CC(C)=C3)cc1C(C)(C)C. The van der Waals surface area contributed by atoms with Crippen molar-refractivity contribution in [3.63, 3.8) is 0 Å². The van der Waals surface area contributed by atoms with Crippen LogP contribution in [0.15, 0.2) is 71.8 Å². The molecule has 0 aromatic heterocycles. The Morgan fingerprint density at radius 2 is 0.885 bits per heavy atom. The third-order valence-corrected chi connectivity index (χ3v) is 10.6. The molecular formula is C50H64O2. The Morgan fingerprint density at radius 1 is 0.481 bits per heavy atom. The molecule has 0 radical (unpaired) electrons. The number of benzene rings is 4. The van der Waals surface area contributed by atoms with Crippen molar-refractivity contribution >= 4 is 12.2 Å². The minimum Gasteiger partial charge on any atom is -0.496 e. The quantitative estimate of drug-likeness (QED) is 0.211. The Hall–Kier alpha value is -4.04. The molecule has 0 saturated carbocycles. The van der Waals surface area contributed by atoms with Gasteiger partial charge in [0.1, 0.15) is 11.5 Å². The van der Waals surface area contributed by atoms with Gasteiger partial charge >= 0.3 is 0 Å². The number of methoxy groups -OCH3 is 2. The van der Waals surface area contributed by atoms with Crippen molar-refractivity contribution in [2.75, 3.05) is 14.2 Å². The van der Waals surface area contributed by atoms with Crippen LogP contribution in [0.5, 0.6) is 11.5 Å². The number of hydrogen-bond donors (Lipinski definition) is 0. The topological polar surface area (TPSA) is 18.5 Å². The summed E-state index contributed by atoms with van der Waals surface area (Å²) in [7, 11) is 3.60. The van der Waals surface area contributed by atoms with Gasteiger partial charge in [0.15, 0.2) is 0 Å². The summed E-state index contributed by atoms with van der Waals surface area (Å²) >= 11 is 0. The first-order valence-electron chi connectivity index (χ1n) is 19.1. The maximum absolute atomic E-state index is 5.92. The van der Waals surface area contributed by atoms with Crippen molar-refractivity contribution in [3.05, 3.63) is 116 Å². The van der Waals surface area contributed by atoms with Crippen molar-refractivity contribution in [2.45, 2.75) is 131 Å². The fourth-order valence-electron chi connectivity index (χ4n) is 7.83. The molecule has 2 aliphatic carbocycles. The van der Waals surface area contributed by atoms with Gasteiger partial charge < -0.3 is 9.47 Å². The molecule has 0 bridgehead atoms. The predicted molar refractivity (Wildman–Crippen MR) is 226 cm³/mol.